The fourth-order valence-corrected chi connectivity index (χ4v) is 7.66. The van der Waals surface area contributed by atoms with E-state index in [0.29, 0.717) is 0 Å². The van der Waals surface area contributed by atoms with Crippen LogP contribution in [0.5, 0.6) is 0 Å². The number of hydrogen-bond donors (Lipinski definition) is 2. The second-order valence-electron chi connectivity index (χ2n) is 4.80. The second-order valence-corrected chi connectivity index (χ2v) is 10.7. The Morgan fingerprint density at radius 3 is 1.32 bits per heavy atom. The summed E-state index contributed by atoms with van der Waals surface area (Å²) in [6, 6.07) is 18.6. The molecule has 2 aromatic rings. The largest absolute Gasteiger partial charge is 0.408 e. The molecule has 0 bridgehead atoms. The van der Waals surface area contributed by atoms with Crippen molar-refractivity contribution in [2.75, 3.05) is 0 Å². The third-order valence-corrected chi connectivity index (χ3v) is 9.01. The van der Waals surface area contributed by atoms with Gasteiger partial charge < -0.3 is 13.7 Å². The van der Waals surface area contributed by atoms with Gasteiger partial charge in [-0.25, -0.2) is 0 Å². The lowest BCUT2D eigenvalue weighted by Crippen LogP contribution is -2.61. The van der Waals surface area contributed by atoms with Crippen LogP contribution >= 0.6 is 0 Å². The minimum absolute atomic E-state index is 0.763. The Hall–Kier alpha value is -1.25. The zero-order chi connectivity index (χ0) is 13.9. The minimum atomic E-state index is -3.09. The van der Waals surface area contributed by atoms with Gasteiger partial charge in [-0.3, -0.25) is 0 Å². The Balaban J connectivity index is 2.25. The van der Waals surface area contributed by atoms with E-state index in [1.807, 2.05) is 60.7 Å². The van der Waals surface area contributed by atoms with Gasteiger partial charge in [-0.2, -0.15) is 0 Å². The van der Waals surface area contributed by atoms with Crippen molar-refractivity contribution in [1.82, 2.24) is 0 Å². The molecule has 0 fully saturated rings. The van der Waals surface area contributed by atoms with Crippen LogP contribution < -0.4 is 10.4 Å². The van der Waals surface area contributed by atoms with Crippen molar-refractivity contribution in [3.63, 3.8) is 0 Å². The predicted octanol–water partition coefficient (Wildman–Crippen LogP) is 0.946. The molecule has 0 unspecified atom stereocenters. The second kappa shape index (κ2) is 5.40. The fraction of sp³-hybridized carbons (Fsp3) is 0.143. The molecule has 0 aliphatic rings. The van der Waals surface area contributed by atoms with Crippen molar-refractivity contribution in [3.05, 3.63) is 60.7 Å². The monoisotopic (exact) mass is 290 g/mol. The molecule has 2 rings (SSSR count). The Labute approximate surface area is 115 Å². The molecule has 3 nitrogen and oxygen atoms in total. The molecule has 0 amide bonds. The Kier molecular flexibility index (Phi) is 4.03. The highest BCUT2D eigenvalue weighted by Crippen LogP contribution is 2.10. The van der Waals surface area contributed by atoms with E-state index < -0.39 is 17.1 Å². The summed E-state index contributed by atoms with van der Waals surface area (Å²) in [6.07, 6.45) is 0. The van der Waals surface area contributed by atoms with E-state index in [1.165, 1.54) is 0 Å². The maximum absolute atomic E-state index is 10.6. The third-order valence-electron chi connectivity index (χ3n) is 3.02. The normalized spacial score (nSPS) is 17.5. The highest BCUT2D eigenvalue weighted by molar-refractivity contribution is 6.91. The van der Waals surface area contributed by atoms with Crippen LogP contribution in [0.4, 0.5) is 0 Å². The SMILES string of the molecule is C[Si@](O)(O[Si@](C)(O)c1ccccc1)c1ccccc1. The molecule has 0 saturated carbocycles. The van der Waals surface area contributed by atoms with Gasteiger partial charge in [-0.05, 0) is 23.5 Å². The molecule has 0 aliphatic carbocycles. The third kappa shape index (κ3) is 3.40. The van der Waals surface area contributed by atoms with Crippen molar-refractivity contribution in [1.29, 1.82) is 0 Å². The fourth-order valence-electron chi connectivity index (χ4n) is 2.00. The smallest absolute Gasteiger partial charge is 0.358 e. The lowest BCUT2D eigenvalue weighted by Gasteiger charge is -2.30. The van der Waals surface area contributed by atoms with Crippen LogP contribution in [0.25, 0.3) is 0 Å². The summed E-state index contributed by atoms with van der Waals surface area (Å²) in [5.74, 6) is 0. The molecule has 19 heavy (non-hydrogen) atoms. The van der Waals surface area contributed by atoms with Gasteiger partial charge in [0.1, 0.15) is 0 Å². The summed E-state index contributed by atoms with van der Waals surface area (Å²) in [7, 11) is -6.17. The molecular formula is C14H18O3Si2. The maximum atomic E-state index is 10.6. The van der Waals surface area contributed by atoms with E-state index in [9.17, 15) is 9.59 Å². The van der Waals surface area contributed by atoms with E-state index in [0.717, 1.165) is 10.4 Å². The molecule has 100 valence electrons. The van der Waals surface area contributed by atoms with Crippen molar-refractivity contribution in [2.24, 2.45) is 0 Å². The lowest BCUT2D eigenvalue weighted by molar-refractivity contribution is 0.334. The van der Waals surface area contributed by atoms with Crippen LogP contribution in [0, 0.1) is 0 Å². The van der Waals surface area contributed by atoms with E-state index in [4.69, 9.17) is 4.12 Å². The molecule has 5 heteroatoms. The van der Waals surface area contributed by atoms with Crippen LogP contribution in [-0.4, -0.2) is 26.7 Å². The molecule has 2 aromatic carbocycles. The van der Waals surface area contributed by atoms with Crippen LogP contribution in [0.1, 0.15) is 0 Å². The first-order valence-electron chi connectivity index (χ1n) is 6.18. The van der Waals surface area contributed by atoms with Crippen LogP contribution in [0.15, 0.2) is 60.7 Å². The first-order valence-corrected chi connectivity index (χ1v) is 10.9. The molecule has 2 atom stereocenters. The summed E-state index contributed by atoms with van der Waals surface area (Å²) in [6.45, 7) is 3.37. The number of benzene rings is 2. The molecule has 0 radical (unpaired) electrons. The Bertz CT molecular complexity index is 477. The van der Waals surface area contributed by atoms with E-state index in [2.05, 4.69) is 0 Å². The van der Waals surface area contributed by atoms with Gasteiger partial charge in [0, 0.05) is 0 Å². The van der Waals surface area contributed by atoms with Gasteiger partial charge in [0.2, 0.25) is 0 Å². The molecule has 0 saturated heterocycles. The average molecular weight is 290 g/mol. The average Bonchev–Trinajstić information content (AvgIpc) is 2.40. The van der Waals surface area contributed by atoms with Crippen LogP contribution in [-0.2, 0) is 4.12 Å². The zero-order valence-electron chi connectivity index (χ0n) is 11.1. The van der Waals surface area contributed by atoms with E-state index in [-0.39, 0.29) is 0 Å². The predicted molar refractivity (Wildman–Crippen MR) is 80.9 cm³/mol. The Morgan fingerprint density at radius 2 is 1.00 bits per heavy atom. The highest BCUT2D eigenvalue weighted by atomic mass is 28.5. The summed E-state index contributed by atoms with van der Waals surface area (Å²) < 4.78 is 5.79. The molecule has 0 heterocycles. The zero-order valence-corrected chi connectivity index (χ0v) is 13.1. The minimum Gasteiger partial charge on any atom is -0.408 e. The molecular weight excluding hydrogens is 272 g/mol. The first-order chi connectivity index (χ1) is 8.92. The van der Waals surface area contributed by atoms with Crippen molar-refractivity contribution >= 4 is 27.5 Å². The summed E-state index contributed by atoms with van der Waals surface area (Å²) >= 11 is 0. The standard InChI is InChI=1S/C14H18O3Si2/c1-18(15,13-9-5-3-6-10-13)17-19(2,16)14-11-7-4-8-12-14/h3-12,15-16H,1-2H3/t18-,19-/m0/s1. The first kappa shape index (κ1) is 14.2. The lowest BCUT2D eigenvalue weighted by atomic mass is 10.4. The van der Waals surface area contributed by atoms with Gasteiger partial charge in [0.15, 0.2) is 0 Å². The van der Waals surface area contributed by atoms with Crippen LogP contribution in [0.3, 0.4) is 0 Å². The number of hydrogen-bond acceptors (Lipinski definition) is 3. The van der Waals surface area contributed by atoms with Gasteiger partial charge in [-0.1, -0.05) is 60.7 Å². The maximum Gasteiger partial charge on any atom is 0.358 e. The quantitative estimate of drug-likeness (QED) is 0.824. The topological polar surface area (TPSA) is 49.7 Å². The van der Waals surface area contributed by atoms with Gasteiger partial charge >= 0.3 is 17.1 Å². The molecule has 0 aromatic heterocycles. The summed E-state index contributed by atoms with van der Waals surface area (Å²) in [5.41, 5.74) is 0. The van der Waals surface area contributed by atoms with Gasteiger partial charge in [-0.15, -0.1) is 0 Å². The molecule has 0 spiro atoms. The van der Waals surface area contributed by atoms with E-state index in [1.54, 1.807) is 13.1 Å². The Morgan fingerprint density at radius 1 is 0.684 bits per heavy atom. The summed E-state index contributed by atoms with van der Waals surface area (Å²) in [5, 5.41) is 1.53. The van der Waals surface area contributed by atoms with E-state index >= 15 is 0 Å². The van der Waals surface area contributed by atoms with Crippen molar-refractivity contribution < 1.29 is 13.7 Å². The molecule has 0 aliphatic heterocycles. The van der Waals surface area contributed by atoms with Crippen LogP contribution in [0.2, 0.25) is 13.1 Å². The van der Waals surface area contributed by atoms with Crippen molar-refractivity contribution in [2.45, 2.75) is 13.1 Å². The number of rotatable bonds is 4. The highest BCUT2D eigenvalue weighted by Gasteiger charge is 2.41. The van der Waals surface area contributed by atoms with Gasteiger partial charge in [0.25, 0.3) is 0 Å². The van der Waals surface area contributed by atoms with Crippen molar-refractivity contribution in [3.8, 4) is 0 Å². The van der Waals surface area contributed by atoms with Gasteiger partial charge in [0.05, 0.1) is 0 Å². The summed E-state index contributed by atoms with van der Waals surface area (Å²) in [4.78, 5) is 21.1. The molecule has 2 N–H and O–H groups in total.